The van der Waals surface area contributed by atoms with E-state index in [9.17, 15) is 19.5 Å². The Morgan fingerprint density at radius 1 is 1.08 bits per heavy atom. The molecule has 0 aromatic heterocycles. The Morgan fingerprint density at radius 2 is 1.67 bits per heavy atom. The number of amides is 2. The summed E-state index contributed by atoms with van der Waals surface area (Å²) in [6.45, 7) is 0. The number of allylic oxidation sites excluding steroid dienone is 2. The number of carboxylic acids is 1. The lowest BCUT2D eigenvalue weighted by Crippen LogP contribution is -2.40. The molecule has 4 aliphatic carbocycles. The maximum absolute atomic E-state index is 13.0. The molecule has 2 amide bonds. The second kappa shape index (κ2) is 4.48. The third-order valence-corrected chi connectivity index (χ3v) is 6.43. The number of aromatic carboxylic acids is 1. The maximum atomic E-state index is 13.0. The van der Waals surface area contributed by atoms with Crippen molar-refractivity contribution in [2.45, 2.75) is 6.42 Å². The molecular formula is C18H14ClNO4. The minimum absolute atomic E-state index is 0.0886. The molecule has 0 spiro atoms. The highest BCUT2D eigenvalue weighted by Crippen LogP contribution is 2.65. The van der Waals surface area contributed by atoms with Gasteiger partial charge in [0.25, 0.3) is 0 Å². The van der Waals surface area contributed by atoms with Crippen molar-refractivity contribution in [3.05, 3.63) is 40.9 Å². The second-order valence-corrected chi connectivity index (χ2v) is 7.54. The molecule has 5 nitrogen and oxygen atoms in total. The van der Waals surface area contributed by atoms with E-state index >= 15 is 0 Å². The predicted molar refractivity (Wildman–Crippen MR) is 85.6 cm³/mol. The zero-order valence-electron chi connectivity index (χ0n) is 12.6. The zero-order valence-corrected chi connectivity index (χ0v) is 13.3. The molecule has 2 saturated carbocycles. The van der Waals surface area contributed by atoms with Crippen molar-refractivity contribution >= 4 is 35.1 Å². The van der Waals surface area contributed by atoms with Crippen LogP contribution in [-0.2, 0) is 9.59 Å². The van der Waals surface area contributed by atoms with Gasteiger partial charge in [-0.15, -0.1) is 0 Å². The summed E-state index contributed by atoms with van der Waals surface area (Å²) in [4.78, 5) is 38.4. The number of anilines is 1. The van der Waals surface area contributed by atoms with E-state index in [1.165, 1.54) is 23.1 Å². The van der Waals surface area contributed by atoms with E-state index in [0.717, 1.165) is 6.42 Å². The van der Waals surface area contributed by atoms with Crippen molar-refractivity contribution in [3.63, 3.8) is 0 Å². The normalized spacial score (nSPS) is 38.3. The Kier molecular flexibility index (Phi) is 2.65. The van der Waals surface area contributed by atoms with Gasteiger partial charge in [0.1, 0.15) is 0 Å². The zero-order chi connectivity index (χ0) is 16.7. The van der Waals surface area contributed by atoms with Crippen molar-refractivity contribution in [2.24, 2.45) is 35.5 Å². The number of benzene rings is 1. The van der Waals surface area contributed by atoms with E-state index in [1.807, 2.05) is 0 Å². The molecule has 122 valence electrons. The third kappa shape index (κ3) is 1.63. The largest absolute Gasteiger partial charge is 0.478 e. The van der Waals surface area contributed by atoms with Crippen LogP contribution in [0.3, 0.4) is 0 Å². The molecule has 1 heterocycles. The van der Waals surface area contributed by atoms with E-state index in [4.69, 9.17) is 11.6 Å². The van der Waals surface area contributed by atoms with Crippen molar-refractivity contribution < 1.29 is 19.5 Å². The van der Waals surface area contributed by atoms with Crippen molar-refractivity contribution in [2.75, 3.05) is 4.90 Å². The molecule has 2 bridgehead atoms. The molecule has 24 heavy (non-hydrogen) atoms. The lowest BCUT2D eigenvalue weighted by molar-refractivity contribution is -0.124. The van der Waals surface area contributed by atoms with Gasteiger partial charge in [0.15, 0.2) is 0 Å². The second-order valence-electron chi connectivity index (χ2n) is 7.14. The molecule has 3 fully saturated rings. The molecule has 1 aromatic rings. The van der Waals surface area contributed by atoms with Gasteiger partial charge in [-0.2, -0.15) is 0 Å². The first kappa shape index (κ1) is 14.2. The van der Waals surface area contributed by atoms with Gasteiger partial charge in [0, 0.05) is 0 Å². The smallest absolute Gasteiger partial charge is 0.337 e. The van der Waals surface area contributed by atoms with Crippen LogP contribution in [0.15, 0.2) is 30.4 Å². The molecule has 0 radical (unpaired) electrons. The van der Waals surface area contributed by atoms with Crippen LogP contribution in [0.4, 0.5) is 5.69 Å². The van der Waals surface area contributed by atoms with Crippen LogP contribution in [0.25, 0.3) is 0 Å². The number of nitrogens with zero attached hydrogens (tertiary/aromatic N) is 1. The molecule has 1 N–H and O–H groups in total. The first-order valence-electron chi connectivity index (χ1n) is 8.08. The summed E-state index contributed by atoms with van der Waals surface area (Å²) in [5.74, 6) is -0.783. The fourth-order valence-corrected chi connectivity index (χ4v) is 5.23. The van der Waals surface area contributed by atoms with Gasteiger partial charge in [-0.3, -0.25) is 9.59 Å². The van der Waals surface area contributed by atoms with Crippen LogP contribution in [0.1, 0.15) is 16.8 Å². The van der Waals surface area contributed by atoms with E-state index < -0.39 is 5.97 Å². The lowest BCUT2D eigenvalue weighted by Gasteiger charge is -2.37. The summed E-state index contributed by atoms with van der Waals surface area (Å²) in [7, 11) is 0. The molecule has 6 atom stereocenters. The number of carboxylic acid groups (broad SMARTS) is 1. The molecule has 6 heteroatoms. The number of rotatable bonds is 2. The van der Waals surface area contributed by atoms with Crippen molar-refractivity contribution in [3.8, 4) is 0 Å². The Hall–Kier alpha value is -2.14. The lowest BCUT2D eigenvalue weighted by atomic mass is 9.63. The highest BCUT2D eigenvalue weighted by atomic mass is 35.5. The van der Waals surface area contributed by atoms with Crippen LogP contribution in [0.2, 0.25) is 5.02 Å². The first-order chi connectivity index (χ1) is 11.5. The van der Waals surface area contributed by atoms with Gasteiger partial charge in [0.05, 0.1) is 28.1 Å². The summed E-state index contributed by atoms with van der Waals surface area (Å²) in [5, 5.41) is 9.31. The Morgan fingerprint density at radius 3 is 2.21 bits per heavy atom. The van der Waals surface area contributed by atoms with Crippen LogP contribution < -0.4 is 4.90 Å². The number of halogens is 1. The summed E-state index contributed by atoms with van der Waals surface area (Å²) >= 11 is 5.89. The van der Waals surface area contributed by atoms with Gasteiger partial charge >= 0.3 is 5.97 Å². The SMILES string of the molecule is O=C(O)c1cc(N2C(=O)[C@H]3[C@@H]4C=C[C@H]([C@H]5C[C@H]45)[C@@H]3C2=O)ccc1Cl. The van der Waals surface area contributed by atoms with Crippen LogP contribution in [0, 0.1) is 35.5 Å². The number of carbonyl (C=O) groups is 3. The number of hydrogen-bond donors (Lipinski definition) is 1. The minimum atomic E-state index is -1.18. The fraction of sp³-hybridized carbons (Fsp3) is 0.389. The number of imide groups is 1. The predicted octanol–water partition coefficient (Wildman–Crippen LogP) is 2.60. The Bertz CT molecular complexity index is 811. The average Bonchev–Trinajstić information content (AvgIpc) is 3.33. The Balaban J connectivity index is 1.57. The third-order valence-electron chi connectivity index (χ3n) is 6.10. The topological polar surface area (TPSA) is 74.7 Å². The monoisotopic (exact) mass is 343 g/mol. The molecule has 1 aliphatic heterocycles. The van der Waals surface area contributed by atoms with Crippen LogP contribution in [-0.4, -0.2) is 22.9 Å². The molecule has 1 saturated heterocycles. The molecule has 0 unspecified atom stereocenters. The van der Waals surface area contributed by atoms with Crippen LogP contribution >= 0.6 is 11.6 Å². The van der Waals surface area contributed by atoms with Gasteiger partial charge in [0.2, 0.25) is 11.8 Å². The summed E-state index contributed by atoms with van der Waals surface area (Å²) in [6.07, 6.45) is 5.33. The standard InChI is InChI=1S/C18H14ClNO4/c19-13-4-1-7(5-12(13)18(23)24)20-16(21)14-8-2-3-9(11-6-10(8)11)15(14)17(20)22/h1-5,8-11,14-15H,6H2,(H,23,24)/t8-,9-,10-,11-,14+,15+/m1/s1. The number of carbonyl (C=O) groups excluding carboxylic acids is 2. The molecular weight excluding hydrogens is 330 g/mol. The van der Waals surface area contributed by atoms with Crippen molar-refractivity contribution in [1.82, 2.24) is 0 Å². The summed E-state index contributed by atoms with van der Waals surface area (Å²) < 4.78 is 0. The van der Waals surface area contributed by atoms with E-state index in [1.54, 1.807) is 0 Å². The first-order valence-corrected chi connectivity index (χ1v) is 8.46. The molecule has 1 aromatic carbocycles. The van der Waals surface area contributed by atoms with E-state index in [2.05, 4.69) is 12.2 Å². The summed E-state index contributed by atoms with van der Waals surface area (Å²) in [6, 6.07) is 4.28. The quantitative estimate of drug-likeness (QED) is 0.661. The van der Waals surface area contributed by atoms with Gasteiger partial charge in [-0.1, -0.05) is 23.8 Å². The number of hydrogen-bond acceptors (Lipinski definition) is 3. The van der Waals surface area contributed by atoms with Crippen LogP contribution in [0.5, 0.6) is 0 Å². The highest BCUT2D eigenvalue weighted by molar-refractivity contribution is 6.34. The molecule has 6 rings (SSSR count). The highest BCUT2D eigenvalue weighted by Gasteiger charge is 2.67. The molecule has 5 aliphatic rings. The Labute approximate surface area is 142 Å². The van der Waals surface area contributed by atoms with Crippen molar-refractivity contribution in [1.29, 1.82) is 0 Å². The van der Waals surface area contributed by atoms with Gasteiger partial charge in [-0.25, -0.2) is 9.69 Å². The van der Waals surface area contributed by atoms with Gasteiger partial charge < -0.3 is 5.11 Å². The fourth-order valence-electron chi connectivity index (χ4n) is 5.03. The van der Waals surface area contributed by atoms with Gasteiger partial charge in [-0.05, 0) is 48.3 Å². The average molecular weight is 344 g/mol. The maximum Gasteiger partial charge on any atom is 0.337 e. The minimum Gasteiger partial charge on any atom is -0.478 e. The van der Waals surface area contributed by atoms with E-state index in [-0.39, 0.29) is 46.1 Å². The van der Waals surface area contributed by atoms with E-state index in [0.29, 0.717) is 17.5 Å². The summed E-state index contributed by atoms with van der Waals surface area (Å²) in [5.41, 5.74) is 0.197.